The quantitative estimate of drug-likeness (QED) is 0.0219. The van der Waals surface area contributed by atoms with Crippen LogP contribution >= 0.6 is 0 Å². The van der Waals surface area contributed by atoms with Gasteiger partial charge in [-0.05, 0) is 0 Å². The predicted octanol–water partition coefficient (Wildman–Crippen LogP) is -1.44. The number of nitrogens with two attached hydrogens (primary N) is 1. The number of carbonyl (C=O) groups is 5. The Labute approximate surface area is 281 Å². The summed E-state index contributed by atoms with van der Waals surface area (Å²) in [5.41, 5.74) is 2.03. The smallest absolute Gasteiger partial charge is 0.475 e. The molecular weight excluding hydrogens is 673 g/mol. The highest BCUT2D eigenvalue weighted by Crippen LogP contribution is 2.13. The second kappa shape index (κ2) is 30.8. The maximum absolute atomic E-state index is 11.8. The molecule has 0 aliphatic carbocycles. The number of hydrogen-bond donors (Lipinski definition) is 4. The minimum absolute atomic E-state index is 0.0504. The summed E-state index contributed by atoms with van der Waals surface area (Å²) in [6.07, 6.45) is -2.43. The fourth-order valence-electron chi connectivity index (χ4n) is 3.09. The monoisotopic (exact) mass is 720 g/mol. The van der Waals surface area contributed by atoms with Crippen LogP contribution in [-0.2, 0) is 61.9 Å². The summed E-state index contributed by atoms with van der Waals surface area (Å²) >= 11 is 0. The van der Waals surface area contributed by atoms with Crippen molar-refractivity contribution in [3.8, 4) is 0 Å². The lowest BCUT2D eigenvalue weighted by Gasteiger charge is -2.13. The molecule has 0 aromatic rings. The molecule has 0 atom stereocenters. The predicted molar refractivity (Wildman–Crippen MR) is 161 cm³/mol. The Morgan fingerprint density at radius 3 is 1.27 bits per heavy atom. The zero-order valence-electron chi connectivity index (χ0n) is 27.2. The third-order valence-corrected chi connectivity index (χ3v) is 5.51. The number of nitrogens with one attached hydrogen (secondary N) is 2. The summed E-state index contributed by atoms with van der Waals surface area (Å²) in [7, 11) is 0. The number of carbonyl (C=O) groups excluding carboxylic acids is 4. The number of alkyl halides is 3. The van der Waals surface area contributed by atoms with Gasteiger partial charge >= 0.3 is 12.1 Å². The zero-order chi connectivity index (χ0) is 36.6. The Bertz CT molecular complexity index is 942. The number of hydrazine groups is 1. The van der Waals surface area contributed by atoms with Crippen molar-refractivity contribution in [1.82, 2.24) is 15.6 Å². The molecule has 0 spiro atoms. The van der Waals surface area contributed by atoms with Crippen molar-refractivity contribution in [2.75, 3.05) is 119 Å². The van der Waals surface area contributed by atoms with Gasteiger partial charge < -0.3 is 48.3 Å². The Morgan fingerprint density at radius 1 is 0.612 bits per heavy atom. The van der Waals surface area contributed by atoms with E-state index in [1.54, 1.807) is 0 Å². The molecule has 5 N–H and O–H groups in total. The van der Waals surface area contributed by atoms with Gasteiger partial charge in [0.2, 0.25) is 11.8 Å². The normalized spacial score (nSPS) is 12.6. The van der Waals surface area contributed by atoms with Crippen LogP contribution < -0.4 is 16.6 Å². The third kappa shape index (κ3) is 29.4. The van der Waals surface area contributed by atoms with Gasteiger partial charge in [0.1, 0.15) is 0 Å². The number of ether oxygens (including phenoxy) is 8. The van der Waals surface area contributed by atoms with Crippen LogP contribution in [0.25, 0.3) is 0 Å². The number of amides is 4. The van der Waals surface area contributed by atoms with Crippen LogP contribution in [-0.4, -0.2) is 165 Å². The SMILES string of the molecule is NNC(=O)CCOCCOCCOCCOCCOCCOCCOCCOCCNC(=O)CCN1C(=O)C=CC1=O.O=C(O)C(F)(F)F. The van der Waals surface area contributed by atoms with Crippen molar-refractivity contribution in [1.29, 1.82) is 0 Å². The summed E-state index contributed by atoms with van der Waals surface area (Å²) in [5.74, 6) is 0.881. The second-order valence-electron chi connectivity index (χ2n) is 9.28. The van der Waals surface area contributed by atoms with Crippen molar-refractivity contribution >= 4 is 29.6 Å². The molecule has 1 aliphatic heterocycles. The van der Waals surface area contributed by atoms with Crippen LogP contribution in [0.5, 0.6) is 0 Å². The molecule has 0 unspecified atom stereocenters. The highest BCUT2D eigenvalue weighted by Gasteiger charge is 2.38. The number of carboxylic acids is 1. The van der Waals surface area contributed by atoms with Crippen LogP contribution in [0, 0.1) is 0 Å². The van der Waals surface area contributed by atoms with Gasteiger partial charge in [-0.15, -0.1) is 0 Å². The summed E-state index contributed by atoms with van der Waals surface area (Å²) < 4.78 is 74.7. The molecular formula is C28H47F3N4O14. The largest absolute Gasteiger partial charge is 0.490 e. The molecule has 0 saturated heterocycles. The molecule has 0 aromatic carbocycles. The van der Waals surface area contributed by atoms with E-state index >= 15 is 0 Å². The molecule has 0 radical (unpaired) electrons. The lowest BCUT2D eigenvalue weighted by Crippen LogP contribution is -2.35. The second-order valence-corrected chi connectivity index (χ2v) is 9.28. The Hall–Kier alpha value is -3.28. The van der Waals surface area contributed by atoms with Crippen molar-refractivity contribution in [2.45, 2.75) is 19.0 Å². The van der Waals surface area contributed by atoms with Crippen LogP contribution in [0.2, 0.25) is 0 Å². The number of halogens is 3. The van der Waals surface area contributed by atoms with E-state index in [-0.39, 0.29) is 31.2 Å². The summed E-state index contributed by atoms with van der Waals surface area (Å²) in [4.78, 5) is 55.4. The van der Waals surface area contributed by atoms with E-state index in [0.717, 1.165) is 4.90 Å². The maximum Gasteiger partial charge on any atom is 0.490 e. The van der Waals surface area contributed by atoms with Crippen LogP contribution in [0.3, 0.4) is 0 Å². The van der Waals surface area contributed by atoms with Gasteiger partial charge in [-0.25, -0.2) is 10.6 Å². The molecule has 18 nitrogen and oxygen atoms in total. The molecule has 0 aromatic heterocycles. The number of aliphatic carboxylic acids is 1. The van der Waals surface area contributed by atoms with Gasteiger partial charge in [0.05, 0.1) is 112 Å². The van der Waals surface area contributed by atoms with E-state index in [2.05, 4.69) is 5.32 Å². The molecule has 0 saturated carbocycles. The van der Waals surface area contributed by atoms with Gasteiger partial charge in [-0.2, -0.15) is 13.2 Å². The van der Waals surface area contributed by atoms with E-state index < -0.39 is 24.0 Å². The molecule has 0 fully saturated rings. The van der Waals surface area contributed by atoms with Crippen molar-refractivity contribution in [2.24, 2.45) is 5.84 Å². The van der Waals surface area contributed by atoms with Crippen LogP contribution in [0.4, 0.5) is 13.2 Å². The average Bonchev–Trinajstić information content (AvgIpc) is 3.39. The van der Waals surface area contributed by atoms with Crippen LogP contribution in [0.15, 0.2) is 12.2 Å². The van der Waals surface area contributed by atoms with Crippen LogP contribution in [0.1, 0.15) is 12.8 Å². The van der Waals surface area contributed by atoms with Gasteiger partial charge in [-0.3, -0.25) is 29.5 Å². The van der Waals surface area contributed by atoms with Gasteiger partial charge in [0, 0.05) is 31.7 Å². The van der Waals surface area contributed by atoms with Crippen molar-refractivity contribution < 1.29 is 80.1 Å². The molecule has 1 aliphatic rings. The topological polar surface area (TPSA) is 233 Å². The maximum atomic E-state index is 11.8. The van der Waals surface area contributed by atoms with Gasteiger partial charge in [0.25, 0.3) is 11.8 Å². The molecule has 1 heterocycles. The Morgan fingerprint density at radius 2 is 0.939 bits per heavy atom. The fourth-order valence-corrected chi connectivity index (χ4v) is 3.09. The molecule has 4 amide bonds. The first-order valence-electron chi connectivity index (χ1n) is 15.2. The number of nitrogens with zero attached hydrogens (tertiary/aromatic N) is 1. The summed E-state index contributed by atoms with van der Waals surface area (Å²) in [5, 5.41) is 9.79. The minimum Gasteiger partial charge on any atom is -0.475 e. The lowest BCUT2D eigenvalue weighted by atomic mass is 10.3. The van der Waals surface area contributed by atoms with E-state index in [4.69, 9.17) is 53.6 Å². The van der Waals surface area contributed by atoms with Crippen molar-refractivity contribution in [3.63, 3.8) is 0 Å². The van der Waals surface area contributed by atoms with E-state index in [1.165, 1.54) is 12.2 Å². The van der Waals surface area contributed by atoms with E-state index in [0.29, 0.717) is 112 Å². The third-order valence-electron chi connectivity index (χ3n) is 5.51. The first-order valence-corrected chi connectivity index (χ1v) is 15.2. The first kappa shape index (κ1) is 45.7. The van der Waals surface area contributed by atoms with Gasteiger partial charge in [0.15, 0.2) is 0 Å². The standard InChI is InChI=1S/C26H46N4O12.C2HF3O2/c27-29-24(32)4-7-35-9-11-37-13-15-39-17-19-41-21-22-42-20-18-40-16-14-38-12-10-36-8-5-28-23(31)3-6-30-25(33)1-2-26(30)34;3-2(4,5)1(6)7/h1-2H,3-22,27H2,(H,28,31)(H,29,32);(H,6,7). The lowest BCUT2D eigenvalue weighted by molar-refractivity contribution is -0.192. The zero-order valence-corrected chi connectivity index (χ0v) is 27.2. The molecule has 0 bridgehead atoms. The molecule has 49 heavy (non-hydrogen) atoms. The molecule has 21 heteroatoms. The van der Waals surface area contributed by atoms with E-state index in [1.807, 2.05) is 5.43 Å². The number of imide groups is 1. The Balaban J connectivity index is 0.00000295. The highest BCUT2D eigenvalue weighted by molar-refractivity contribution is 6.13. The number of hydrogen-bond acceptors (Lipinski definition) is 14. The molecule has 1 rings (SSSR count). The summed E-state index contributed by atoms with van der Waals surface area (Å²) in [6.45, 7) is 7.16. The van der Waals surface area contributed by atoms with Gasteiger partial charge in [-0.1, -0.05) is 0 Å². The first-order chi connectivity index (χ1) is 23.5. The van der Waals surface area contributed by atoms with E-state index in [9.17, 15) is 32.3 Å². The van der Waals surface area contributed by atoms with Crippen molar-refractivity contribution in [3.05, 3.63) is 12.2 Å². The number of carboxylic acid groups (broad SMARTS) is 1. The highest BCUT2D eigenvalue weighted by atomic mass is 19.4. The Kier molecular flexibility index (Phi) is 28.7. The fraction of sp³-hybridized carbons (Fsp3) is 0.750. The summed E-state index contributed by atoms with van der Waals surface area (Å²) in [6, 6.07) is 0. The molecule has 284 valence electrons. The average molecular weight is 721 g/mol. The minimum atomic E-state index is -5.08. The number of rotatable bonds is 30.